The van der Waals surface area contributed by atoms with Crippen LogP contribution in [0.4, 0.5) is 0 Å². The Hall–Kier alpha value is -3.56. The smallest absolute Gasteiger partial charge is 0.272 e. The minimum Gasteiger partial charge on any atom is -0.383 e. The molecule has 0 radical (unpaired) electrons. The number of amides is 2. The Morgan fingerprint density at radius 2 is 1.97 bits per heavy atom. The number of rotatable bonds is 9. The molecule has 0 bridgehead atoms. The summed E-state index contributed by atoms with van der Waals surface area (Å²) in [7, 11) is 3.16. The SMILES string of the molecule is COCCn1nc(C(=O)NCc2cccnc2)c2c1CCN(C(=O)[C@H](OC)c1ccccc1)C2. The lowest BCUT2D eigenvalue weighted by atomic mass is 10.0. The Morgan fingerprint density at radius 1 is 1.15 bits per heavy atom. The summed E-state index contributed by atoms with van der Waals surface area (Å²) < 4.78 is 12.6. The molecule has 0 saturated carbocycles. The fraction of sp³-hybridized carbons (Fsp3) is 0.360. The Bertz CT molecular complexity index is 1120. The monoisotopic (exact) mass is 463 g/mol. The summed E-state index contributed by atoms with van der Waals surface area (Å²) in [5, 5.41) is 7.52. The van der Waals surface area contributed by atoms with Gasteiger partial charge in [-0.3, -0.25) is 19.3 Å². The van der Waals surface area contributed by atoms with Crippen molar-refractivity contribution in [3.8, 4) is 0 Å². The van der Waals surface area contributed by atoms with Crippen LogP contribution in [0.5, 0.6) is 0 Å². The van der Waals surface area contributed by atoms with Crippen molar-refractivity contribution in [2.45, 2.75) is 32.2 Å². The normalized spacial score (nSPS) is 13.9. The van der Waals surface area contributed by atoms with Gasteiger partial charge in [-0.1, -0.05) is 36.4 Å². The van der Waals surface area contributed by atoms with Crippen LogP contribution in [-0.4, -0.2) is 58.8 Å². The zero-order chi connectivity index (χ0) is 23.9. The van der Waals surface area contributed by atoms with Crippen molar-refractivity contribution in [1.82, 2.24) is 25.0 Å². The summed E-state index contributed by atoms with van der Waals surface area (Å²) in [6, 6.07) is 13.1. The van der Waals surface area contributed by atoms with Crippen LogP contribution in [0, 0.1) is 0 Å². The van der Waals surface area contributed by atoms with E-state index in [-0.39, 0.29) is 11.8 Å². The van der Waals surface area contributed by atoms with Gasteiger partial charge in [0.15, 0.2) is 11.8 Å². The number of carbonyl (C=O) groups excluding carboxylic acids is 2. The topological polar surface area (TPSA) is 98.6 Å². The number of aromatic nitrogens is 3. The van der Waals surface area contributed by atoms with Crippen LogP contribution in [-0.2, 0) is 40.3 Å². The van der Waals surface area contributed by atoms with E-state index in [0.717, 1.165) is 22.4 Å². The third-order valence-electron chi connectivity index (χ3n) is 5.91. The first-order valence-electron chi connectivity index (χ1n) is 11.2. The number of hydrogen-bond donors (Lipinski definition) is 1. The van der Waals surface area contributed by atoms with Gasteiger partial charge < -0.3 is 19.7 Å². The maximum absolute atomic E-state index is 13.4. The maximum atomic E-state index is 13.4. The zero-order valence-corrected chi connectivity index (χ0v) is 19.4. The van der Waals surface area contributed by atoms with Crippen LogP contribution in [0.3, 0.4) is 0 Å². The molecule has 9 heteroatoms. The summed E-state index contributed by atoms with van der Waals surface area (Å²) >= 11 is 0. The van der Waals surface area contributed by atoms with E-state index in [0.29, 0.717) is 44.9 Å². The second-order valence-corrected chi connectivity index (χ2v) is 8.07. The molecule has 0 fully saturated rings. The van der Waals surface area contributed by atoms with Crippen LogP contribution in [0.2, 0.25) is 0 Å². The van der Waals surface area contributed by atoms with Crippen LogP contribution < -0.4 is 5.32 Å². The molecule has 0 spiro atoms. The zero-order valence-electron chi connectivity index (χ0n) is 19.4. The van der Waals surface area contributed by atoms with Crippen molar-refractivity contribution in [3.05, 3.63) is 82.9 Å². The van der Waals surface area contributed by atoms with E-state index in [1.807, 2.05) is 47.1 Å². The number of fused-ring (bicyclic) bond motifs is 1. The van der Waals surface area contributed by atoms with E-state index in [1.54, 1.807) is 24.4 Å². The van der Waals surface area contributed by atoms with Gasteiger partial charge in [-0.2, -0.15) is 5.10 Å². The standard InChI is InChI=1S/C25H29N5O4/c1-33-14-13-30-21-10-12-29(25(32)23(34-2)19-8-4-3-5-9-19)17-20(21)22(28-30)24(31)27-16-18-7-6-11-26-15-18/h3-9,11,15,23H,10,12-14,16-17H2,1-2H3,(H,27,31)/t23-/m1/s1. The summed E-state index contributed by atoms with van der Waals surface area (Å²) in [5.74, 6) is -0.414. The van der Waals surface area contributed by atoms with E-state index >= 15 is 0 Å². The van der Waals surface area contributed by atoms with Gasteiger partial charge in [0.1, 0.15) is 0 Å². The van der Waals surface area contributed by atoms with Crippen LogP contribution in [0.25, 0.3) is 0 Å². The summed E-state index contributed by atoms with van der Waals surface area (Å²) in [5.41, 5.74) is 3.75. The van der Waals surface area contributed by atoms with Crippen molar-refractivity contribution in [2.75, 3.05) is 27.4 Å². The molecule has 2 amide bonds. The molecule has 3 heterocycles. The van der Waals surface area contributed by atoms with Gasteiger partial charge in [0.2, 0.25) is 0 Å². The number of carbonyl (C=O) groups is 2. The number of ether oxygens (including phenoxy) is 2. The second-order valence-electron chi connectivity index (χ2n) is 8.07. The molecular formula is C25H29N5O4. The van der Waals surface area contributed by atoms with Gasteiger partial charge in [-0.15, -0.1) is 0 Å². The lowest BCUT2D eigenvalue weighted by molar-refractivity contribution is -0.143. The van der Waals surface area contributed by atoms with Crippen molar-refractivity contribution in [1.29, 1.82) is 0 Å². The summed E-state index contributed by atoms with van der Waals surface area (Å²) in [4.78, 5) is 32.3. The number of benzene rings is 1. The van der Waals surface area contributed by atoms with E-state index < -0.39 is 6.10 Å². The molecule has 34 heavy (non-hydrogen) atoms. The number of nitrogens with one attached hydrogen (secondary N) is 1. The summed E-state index contributed by atoms with van der Waals surface area (Å²) in [6.07, 6.45) is 3.29. The maximum Gasteiger partial charge on any atom is 0.272 e. The highest BCUT2D eigenvalue weighted by Gasteiger charge is 2.33. The molecule has 9 nitrogen and oxygen atoms in total. The molecule has 1 atom stereocenters. The fourth-order valence-electron chi connectivity index (χ4n) is 4.17. The molecule has 3 aromatic rings. The number of pyridine rings is 1. The average molecular weight is 464 g/mol. The van der Waals surface area contributed by atoms with E-state index in [4.69, 9.17) is 9.47 Å². The summed E-state index contributed by atoms with van der Waals surface area (Å²) in [6.45, 7) is 2.17. The van der Waals surface area contributed by atoms with Crippen LogP contribution in [0.15, 0.2) is 54.9 Å². The molecule has 2 aromatic heterocycles. The van der Waals surface area contributed by atoms with Crippen molar-refractivity contribution in [2.24, 2.45) is 0 Å². The van der Waals surface area contributed by atoms with Crippen molar-refractivity contribution in [3.63, 3.8) is 0 Å². The first-order chi connectivity index (χ1) is 16.6. The Labute approximate surface area is 198 Å². The predicted molar refractivity (Wildman–Crippen MR) is 125 cm³/mol. The molecule has 178 valence electrons. The molecule has 0 aliphatic carbocycles. The van der Waals surface area contributed by atoms with Gasteiger partial charge >= 0.3 is 0 Å². The number of nitrogens with zero attached hydrogens (tertiary/aromatic N) is 4. The highest BCUT2D eigenvalue weighted by molar-refractivity contribution is 5.94. The molecule has 1 N–H and O–H groups in total. The van der Waals surface area contributed by atoms with Gasteiger partial charge in [-0.25, -0.2) is 0 Å². The molecular weight excluding hydrogens is 434 g/mol. The third-order valence-corrected chi connectivity index (χ3v) is 5.91. The first kappa shape index (κ1) is 23.6. The Kier molecular flexibility index (Phi) is 7.66. The minimum absolute atomic E-state index is 0.134. The Morgan fingerprint density at radius 3 is 2.68 bits per heavy atom. The van der Waals surface area contributed by atoms with Gasteiger partial charge in [0.25, 0.3) is 11.8 Å². The number of hydrogen-bond acceptors (Lipinski definition) is 6. The van der Waals surface area contributed by atoms with Gasteiger partial charge in [-0.05, 0) is 17.2 Å². The molecule has 4 rings (SSSR count). The quantitative estimate of drug-likeness (QED) is 0.522. The Balaban J connectivity index is 1.56. The highest BCUT2D eigenvalue weighted by atomic mass is 16.5. The van der Waals surface area contributed by atoms with E-state index in [9.17, 15) is 9.59 Å². The molecule has 0 saturated heterocycles. The lowest BCUT2D eigenvalue weighted by Crippen LogP contribution is -2.40. The van der Waals surface area contributed by atoms with Crippen LogP contribution >= 0.6 is 0 Å². The highest BCUT2D eigenvalue weighted by Crippen LogP contribution is 2.27. The van der Waals surface area contributed by atoms with Gasteiger partial charge in [0, 0.05) is 63.9 Å². The number of methoxy groups -OCH3 is 2. The molecule has 0 unspecified atom stereocenters. The first-order valence-corrected chi connectivity index (χ1v) is 11.2. The molecule has 1 aliphatic rings. The van der Waals surface area contributed by atoms with Crippen molar-refractivity contribution < 1.29 is 19.1 Å². The van der Waals surface area contributed by atoms with Crippen molar-refractivity contribution >= 4 is 11.8 Å². The van der Waals surface area contributed by atoms with Gasteiger partial charge in [0.05, 0.1) is 13.2 Å². The largest absolute Gasteiger partial charge is 0.383 e. The van der Waals surface area contributed by atoms with E-state index in [1.165, 1.54) is 7.11 Å². The average Bonchev–Trinajstić information content (AvgIpc) is 3.25. The minimum atomic E-state index is -0.700. The fourth-order valence-corrected chi connectivity index (χ4v) is 4.17. The predicted octanol–water partition coefficient (Wildman–Crippen LogP) is 2.13. The lowest BCUT2D eigenvalue weighted by Gasteiger charge is -2.30. The van der Waals surface area contributed by atoms with E-state index in [2.05, 4.69) is 15.4 Å². The third kappa shape index (κ3) is 5.16. The molecule has 1 aliphatic heterocycles. The van der Waals surface area contributed by atoms with Crippen LogP contribution in [0.1, 0.15) is 39.0 Å². The second kappa shape index (κ2) is 11.0. The molecule has 1 aromatic carbocycles.